The van der Waals surface area contributed by atoms with Crippen LogP contribution in [0.2, 0.25) is 0 Å². The van der Waals surface area contributed by atoms with Gasteiger partial charge in [-0.25, -0.2) is 9.97 Å². The summed E-state index contributed by atoms with van der Waals surface area (Å²) >= 11 is 0. The predicted molar refractivity (Wildman–Crippen MR) is 117 cm³/mol. The van der Waals surface area contributed by atoms with Gasteiger partial charge in [-0.2, -0.15) is 0 Å². The zero-order chi connectivity index (χ0) is 19.6. The van der Waals surface area contributed by atoms with Crippen LogP contribution in [0.4, 0.5) is 5.82 Å². The molecule has 2 aliphatic rings. The van der Waals surface area contributed by atoms with E-state index in [4.69, 9.17) is 9.97 Å². The van der Waals surface area contributed by atoms with E-state index in [9.17, 15) is 0 Å². The molecule has 29 heavy (non-hydrogen) atoms. The molecular formula is C23H28N6. The molecule has 6 nitrogen and oxygen atoms in total. The molecule has 0 spiro atoms. The van der Waals surface area contributed by atoms with Crippen LogP contribution in [-0.4, -0.2) is 76.6 Å². The summed E-state index contributed by atoms with van der Waals surface area (Å²) in [4.78, 5) is 21.7. The molecule has 1 unspecified atom stereocenters. The van der Waals surface area contributed by atoms with Gasteiger partial charge in [0.25, 0.3) is 0 Å². The summed E-state index contributed by atoms with van der Waals surface area (Å²) in [5.74, 6) is 1.85. The lowest BCUT2D eigenvalue weighted by molar-refractivity contribution is 0.107. The van der Waals surface area contributed by atoms with Gasteiger partial charge < -0.3 is 9.80 Å². The van der Waals surface area contributed by atoms with Crippen LogP contribution in [0, 0.1) is 0 Å². The Balaban J connectivity index is 1.43. The number of fused-ring (bicyclic) bond motifs is 1. The quantitative estimate of drug-likeness (QED) is 0.685. The summed E-state index contributed by atoms with van der Waals surface area (Å²) in [7, 11) is 0. The van der Waals surface area contributed by atoms with E-state index in [1.165, 1.54) is 32.6 Å². The normalized spacial score (nSPS) is 21.1. The highest BCUT2D eigenvalue weighted by Crippen LogP contribution is 2.30. The first-order valence-corrected chi connectivity index (χ1v) is 10.7. The van der Waals surface area contributed by atoms with Gasteiger partial charge in [-0.05, 0) is 37.2 Å². The van der Waals surface area contributed by atoms with E-state index in [0.717, 1.165) is 47.7 Å². The fourth-order valence-electron chi connectivity index (χ4n) is 4.61. The summed E-state index contributed by atoms with van der Waals surface area (Å²) < 4.78 is 0. The number of nitrogens with zero attached hydrogens (tertiary/aromatic N) is 6. The average Bonchev–Trinajstić information content (AvgIpc) is 3.29. The fraction of sp³-hybridized carbons (Fsp3) is 0.435. The van der Waals surface area contributed by atoms with Gasteiger partial charge in [-0.3, -0.25) is 9.88 Å². The molecule has 2 aliphatic heterocycles. The van der Waals surface area contributed by atoms with E-state index in [1.54, 1.807) is 12.4 Å². The number of rotatable bonds is 4. The molecule has 5 rings (SSSR count). The molecule has 0 saturated carbocycles. The molecule has 0 N–H and O–H groups in total. The summed E-state index contributed by atoms with van der Waals surface area (Å²) in [6, 6.07) is 12.9. The summed E-state index contributed by atoms with van der Waals surface area (Å²) in [5, 5.41) is 1.14. The molecule has 1 atom stereocenters. The second-order valence-electron chi connectivity index (χ2n) is 7.98. The number of piperazine rings is 1. The van der Waals surface area contributed by atoms with Crippen molar-refractivity contribution in [2.24, 2.45) is 0 Å². The van der Waals surface area contributed by atoms with Crippen molar-refractivity contribution in [1.82, 2.24) is 24.8 Å². The number of likely N-dealkylation sites (N-methyl/N-ethyl adjacent to an activating group) is 1. The van der Waals surface area contributed by atoms with Crippen LogP contribution in [0.25, 0.3) is 22.3 Å². The van der Waals surface area contributed by atoms with Crippen molar-refractivity contribution in [2.75, 3.05) is 50.7 Å². The Kier molecular flexibility index (Phi) is 5.12. The molecule has 2 saturated heterocycles. The van der Waals surface area contributed by atoms with Crippen LogP contribution in [0.3, 0.4) is 0 Å². The van der Waals surface area contributed by atoms with Gasteiger partial charge in [0.05, 0.1) is 5.52 Å². The van der Waals surface area contributed by atoms with E-state index in [2.05, 4.69) is 50.9 Å². The summed E-state index contributed by atoms with van der Waals surface area (Å²) in [6.07, 6.45) is 4.81. The summed E-state index contributed by atoms with van der Waals surface area (Å²) in [5.41, 5.74) is 2.02. The van der Waals surface area contributed by atoms with Crippen molar-refractivity contribution in [1.29, 1.82) is 0 Å². The third-order valence-electron chi connectivity index (χ3n) is 6.36. The predicted octanol–water partition coefficient (Wildman–Crippen LogP) is 2.91. The van der Waals surface area contributed by atoms with E-state index < -0.39 is 0 Å². The Bertz CT molecular complexity index is 968. The maximum Gasteiger partial charge on any atom is 0.162 e. The first-order valence-electron chi connectivity index (χ1n) is 10.7. The Morgan fingerprint density at radius 2 is 1.72 bits per heavy atom. The van der Waals surface area contributed by atoms with Crippen LogP contribution in [0.1, 0.15) is 13.3 Å². The lowest BCUT2D eigenvalue weighted by atomic mass is 10.2. The SMILES string of the molecule is CCN1CCN(C2CCN(c3nc(-c4ccncc4)nc4ccccc34)C2)CC1. The number of anilines is 1. The van der Waals surface area contributed by atoms with E-state index >= 15 is 0 Å². The minimum Gasteiger partial charge on any atom is -0.354 e. The fourth-order valence-corrected chi connectivity index (χ4v) is 4.61. The molecule has 1 aromatic carbocycles. The topological polar surface area (TPSA) is 48.4 Å². The van der Waals surface area contributed by atoms with Crippen molar-refractivity contribution in [3.63, 3.8) is 0 Å². The number of para-hydroxylation sites is 1. The second-order valence-corrected chi connectivity index (χ2v) is 7.98. The first-order chi connectivity index (χ1) is 14.3. The molecule has 0 aliphatic carbocycles. The van der Waals surface area contributed by atoms with E-state index in [1.807, 2.05) is 12.1 Å². The third kappa shape index (κ3) is 3.70. The number of hydrogen-bond donors (Lipinski definition) is 0. The Morgan fingerprint density at radius 1 is 0.931 bits per heavy atom. The number of pyridine rings is 1. The maximum absolute atomic E-state index is 5.02. The molecule has 2 aromatic heterocycles. The number of hydrogen-bond acceptors (Lipinski definition) is 6. The van der Waals surface area contributed by atoms with Crippen molar-refractivity contribution < 1.29 is 0 Å². The smallest absolute Gasteiger partial charge is 0.162 e. The van der Waals surface area contributed by atoms with Crippen LogP contribution in [0.5, 0.6) is 0 Å². The molecular weight excluding hydrogens is 360 g/mol. The van der Waals surface area contributed by atoms with Crippen LogP contribution >= 0.6 is 0 Å². The second kappa shape index (κ2) is 8.05. The monoisotopic (exact) mass is 388 g/mol. The van der Waals surface area contributed by atoms with Crippen LogP contribution in [-0.2, 0) is 0 Å². The molecule has 150 valence electrons. The van der Waals surface area contributed by atoms with Gasteiger partial charge in [0, 0.05) is 68.7 Å². The highest BCUT2D eigenvalue weighted by atomic mass is 15.3. The zero-order valence-electron chi connectivity index (χ0n) is 17.0. The van der Waals surface area contributed by atoms with E-state index in [-0.39, 0.29) is 0 Å². The lowest BCUT2D eigenvalue weighted by Crippen LogP contribution is -2.50. The molecule has 3 aromatic rings. The van der Waals surface area contributed by atoms with Gasteiger partial charge in [-0.15, -0.1) is 0 Å². The largest absolute Gasteiger partial charge is 0.354 e. The molecule has 0 amide bonds. The minimum atomic E-state index is 0.618. The molecule has 0 bridgehead atoms. The van der Waals surface area contributed by atoms with Gasteiger partial charge in [-0.1, -0.05) is 19.1 Å². The van der Waals surface area contributed by atoms with Gasteiger partial charge in [0.1, 0.15) is 5.82 Å². The average molecular weight is 389 g/mol. The van der Waals surface area contributed by atoms with E-state index in [0.29, 0.717) is 6.04 Å². The third-order valence-corrected chi connectivity index (χ3v) is 6.36. The van der Waals surface area contributed by atoms with Gasteiger partial charge in [0.2, 0.25) is 0 Å². The van der Waals surface area contributed by atoms with Crippen LogP contribution in [0.15, 0.2) is 48.8 Å². The standard InChI is InChI=1S/C23H28N6/c1-2-27-13-15-28(16-14-27)19-9-12-29(17-19)23-20-5-3-4-6-21(20)25-22(26-23)18-7-10-24-11-8-18/h3-8,10-11,19H,2,9,12-17H2,1H3. The molecule has 2 fully saturated rings. The highest BCUT2D eigenvalue weighted by molar-refractivity contribution is 5.91. The first kappa shape index (κ1) is 18.5. The highest BCUT2D eigenvalue weighted by Gasteiger charge is 2.31. The molecule has 4 heterocycles. The van der Waals surface area contributed by atoms with Crippen molar-refractivity contribution in [3.05, 3.63) is 48.8 Å². The van der Waals surface area contributed by atoms with Crippen molar-refractivity contribution in [3.8, 4) is 11.4 Å². The Labute approximate surface area is 172 Å². The molecule has 0 radical (unpaired) electrons. The Morgan fingerprint density at radius 3 is 2.52 bits per heavy atom. The van der Waals surface area contributed by atoms with Crippen LogP contribution < -0.4 is 4.90 Å². The maximum atomic E-state index is 5.02. The zero-order valence-corrected chi connectivity index (χ0v) is 17.0. The van der Waals surface area contributed by atoms with Gasteiger partial charge >= 0.3 is 0 Å². The van der Waals surface area contributed by atoms with Gasteiger partial charge in [0.15, 0.2) is 5.82 Å². The Hall–Kier alpha value is -2.57. The van der Waals surface area contributed by atoms with Crippen molar-refractivity contribution >= 4 is 16.7 Å². The summed E-state index contributed by atoms with van der Waals surface area (Å²) in [6.45, 7) is 10.3. The minimum absolute atomic E-state index is 0.618. The van der Waals surface area contributed by atoms with Crippen molar-refractivity contribution in [2.45, 2.75) is 19.4 Å². The number of benzene rings is 1. The number of aromatic nitrogens is 3. The molecule has 6 heteroatoms. The lowest BCUT2D eigenvalue weighted by Gasteiger charge is -2.37.